The molecule has 2 nitrogen and oxygen atoms in total. The van der Waals surface area contributed by atoms with E-state index in [1.807, 2.05) is 0 Å². The molecule has 0 bridgehead atoms. The van der Waals surface area contributed by atoms with E-state index >= 15 is 0 Å². The van der Waals surface area contributed by atoms with Crippen LogP contribution in [-0.4, -0.2) is 17.2 Å². The lowest BCUT2D eigenvalue weighted by molar-refractivity contribution is -0.126. The average molecular weight is 269 g/mol. The van der Waals surface area contributed by atoms with Crippen molar-refractivity contribution in [3.8, 4) is 0 Å². The summed E-state index contributed by atoms with van der Waals surface area (Å²) >= 11 is 0. The van der Waals surface area contributed by atoms with Crippen LogP contribution in [0.1, 0.15) is 45.1 Å². The van der Waals surface area contributed by atoms with Crippen molar-refractivity contribution in [3.63, 3.8) is 0 Å². The standard InChI is InChI=1S/C18H23NO/c1-18(2)13-19(12-14-8-4-3-5-9-14)16-11-7-6-10-15(16)17(18)20/h3-5,8-9H,6-7,10-13H2,1-2H3. The summed E-state index contributed by atoms with van der Waals surface area (Å²) in [5, 5.41) is 0. The van der Waals surface area contributed by atoms with Crippen LogP contribution >= 0.6 is 0 Å². The second kappa shape index (κ2) is 5.08. The zero-order chi connectivity index (χ0) is 14.2. The molecule has 106 valence electrons. The number of rotatable bonds is 2. The number of Topliss-reactive ketones (excluding diaryl/α,β-unsaturated/α-hetero) is 1. The van der Waals surface area contributed by atoms with Crippen LogP contribution < -0.4 is 0 Å². The monoisotopic (exact) mass is 269 g/mol. The Morgan fingerprint density at radius 2 is 1.80 bits per heavy atom. The van der Waals surface area contributed by atoms with Gasteiger partial charge in [0.15, 0.2) is 5.78 Å². The van der Waals surface area contributed by atoms with Crippen LogP contribution in [0.3, 0.4) is 0 Å². The van der Waals surface area contributed by atoms with E-state index in [-0.39, 0.29) is 5.41 Å². The van der Waals surface area contributed by atoms with E-state index < -0.39 is 0 Å². The van der Waals surface area contributed by atoms with Crippen LogP contribution in [-0.2, 0) is 11.3 Å². The molecule has 0 saturated carbocycles. The van der Waals surface area contributed by atoms with Gasteiger partial charge in [-0.3, -0.25) is 4.79 Å². The first-order valence-corrected chi connectivity index (χ1v) is 7.64. The van der Waals surface area contributed by atoms with Gasteiger partial charge >= 0.3 is 0 Å². The van der Waals surface area contributed by atoms with Crippen molar-refractivity contribution >= 4 is 5.78 Å². The van der Waals surface area contributed by atoms with Gasteiger partial charge in [0.25, 0.3) is 0 Å². The van der Waals surface area contributed by atoms with E-state index in [2.05, 4.69) is 49.1 Å². The molecule has 1 aromatic carbocycles. The number of nitrogens with zero attached hydrogens (tertiary/aromatic N) is 1. The number of allylic oxidation sites excluding steroid dienone is 2. The molecule has 0 aromatic heterocycles. The average Bonchev–Trinajstić information content (AvgIpc) is 2.45. The highest BCUT2D eigenvalue weighted by Crippen LogP contribution is 2.39. The highest BCUT2D eigenvalue weighted by Gasteiger charge is 2.40. The summed E-state index contributed by atoms with van der Waals surface area (Å²) in [6.45, 7) is 5.95. The fourth-order valence-corrected chi connectivity index (χ4v) is 3.49. The minimum Gasteiger partial charge on any atom is -0.369 e. The summed E-state index contributed by atoms with van der Waals surface area (Å²) in [5.41, 5.74) is 3.52. The van der Waals surface area contributed by atoms with Crippen LogP contribution in [0.4, 0.5) is 0 Å². The molecular formula is C18H23NO. The van der Waals surface area contributed by atoms with Crippen LogP contribution in [0.5, 0.6) is 0 Å². The van der Waals surface area contributed by atoms with Gasteiger partial charge in [0.05, 0.1) is 0 Å². The van der Waals surface area contributed by atoms with Gasteiger partial charge in [-0.1, -0.05) is 44.2 Å². The third kappa shape index (κ3) is 2.39. The van der Waals surface area contributed by atoms with E-state index in [4.69, 9.17) is 0 Å². The van der Waals surface area contributed by atoms with Crippen LogP contribution in [0, 0.1) is 5.41 Å². The molecule has 1 aliphatic heterocycles. The highest BCUT2D eigenvalue weighted by atomic mass is 16.1. The lowest BCUT2D eigenvalue weighted by atomic mass is 9.75. The molecule has 20 heavy (non-hydrogen) atoms. The van der Waals surface area contributed by atoms with Crippen molar-refractivity contribution in [1.29, 1.82) is 0 Å². The summed E-state index contributed by atoms with van der Waals surface area (Å²) in [6.07, 6.45) is 4.44. The predicted octanol–water partition coefficient (Wildman–Crippen LogP) is 3.93. The minimum absolute atomic E-state index is 0.245. The quantitative estimate of drug-likeness (QED) is 0.811. The number of carbonyl (C=O) groups excluding carboxylic acids is 1. The molecule has 0 N–H and O–H groups in total. The van der Waals surface area contributed by atoms with Crippen LogP contribution in [0.2, 0.25) is 0 Å². The Balaban J connectivity index is 1.93. The van der Waals surface area contributed by atoms with Crippen molar-refractivity contribution in [2.45, 2.75) is 46.1 Å². The molecule has 3 rings (SSSR count). The fraction of sp³-hybridized carbons (Fsp3) is 0.500. The Kier molecular flexibility index (Phi) is 3.41. The highest BCUT2D eigenvalue weighted by molar-refractivity contribution is 6.01. The molecule has 2 heteroatoms. The Bertz CT molecular complexity index is 542. The molecule has 0 amide bonds. The normalized spacial score (nSPS) is 21.9. The number of hydrogen-bond acceptors (Lipinski definition) is 2. The SMILES string of the molecule is CC1(C)CN(Cc2ccccc2)C2=C(CCCC2)C1=O. The van der Waals surface area contributed by atoms with Crippen LogP contribution in [0.15, 0.2) is 41.6 Å². The van der Waals surface area contributed by atoms with Gasteiger partial charge in [0, 0.05) is 29.8 Å². The Morgan fingerprint density at radius 1 is 1.10 bits per heavy atom. The van der Waals surface area contributed by atoms with Crippen molar-refractivity contribution in [3.05, 3.63) is 47.2 Å². The summed E-state index contributed by atoms with van der Waals surface area (Å²) in [7, 11) is 0. The van der Waals surface area contributed by atoms with Crippen molar-refractivity contribution in [1.82, 2.24) is 4.90 Å². The Hall–Kier alpha value is -1.57. The third-order valence-electron chi connectivity index (χ3n) is 4.51. The molecule has 0 unspecified atom stereocenters. The topological polar surface area (TPSA) is 20.3 Å². The first-order valence-electron chi connectivity index (χ1n) is 7.64. The van der Waals surface area contributed by atoms with Crippen molar-refractivity contribution in [2.75, 3.05) is 6.54 Å². The first-order chi connectivity index (χ1) is 9.58. The predicted molar refractivity (Wildman–Crippen MR) is 81.1 cm³/mol. The molecule has 1 heterocycles. The van der Waals surface area contributed by atoms with Gasteiger partial charge in [-0.2, -0.15) is 0 Å². The molecule has 0 spiro atoms. The summed E-state index contributed by atoms with van der Waals surface area (Å²) in [6, 6.07) is 10.6. The molecular weight excluding hydrogens is 246 g/mol. The zero-order valence-electron chi connectivity index (χ0n) is 12.5. The summed E-state index contributed by atoms with van der Waals surface area (Å²) < 4.78 is 0. The molecule has 0 atom stereocenters. The van der Waals surface area contributed by atoms with E-state index in [0.29, 0.717) is 5.78 Å². The number of carbonyl (C=O) groups is 1. The maximum atomic E-state index is 12.6. The van der Waals surface area contributed by atoms with E-state index in [1.165, 1.54) is 24.1 Å². The van der Waals surface area contributed by atoms with Crippen molar-refractivity contribution < 1.29 is 4.79 Å². The zero-order valence-corrected chi connectivity index (χ0v) is 12.5. The molecule has 0 fully saturated rings. The molecule has 2 aliphatic rings. The number of ketones is 1. The van der Waals surface area contributed by atoms with Gasteiger partial charge in [-0.05, 0) is 31.2 Å². The smallest absolute Gasteiger partial charge is 0.167 e. The van der Waals surface area contributed by atoms with Crippen LogP contribution in [0.25, 0.3) is 0 Å². The molecule has 1 aromatic rings. The molecule has 0 radical (unpaired) electrons. The maximum Gasteiger partial charge on any atom is 0.167 e. The summed E-state index contributed by atoms with van der Waals surface area (Å²) in [4.78, 5) is 15.0. The summed E-state index contributed by atoms with van der Waals surface area (Å²) in [5.74, 6) is 0.386. The van der Waals surface area contributed by atoms with Crippen molar-refractivity contribution in [2.24, 2.45) is 5.41 Å². The Morgan fingerprint density at radius 3 is 2.55 bits per heavy atom. The largest absolute Gasteiger partial charge is 0.369 e. The van der Waals surface area contributed by atoms with E-state index in [9.17, 15) is 4.79 Å². The number of hydrogen-bond donors (Lipinski definition) is 0. The Labute approximate surface area is 121 Å². The second-order valence-corrected chi connectivity index (χ2v) is 6.69. The van der Waals surface area contributed by atoms with Gasteiger partial charge < -0.3 is 4.90 Å². The fourth-order valence-electron chi connectivity index (χ4n) is 3.49. The lowest BCUT2D eigenvalue weighted by Crippen LogP contribution is -2.45. The van der Waals surface area contributed by atoms with E-state index in [0.717, 1.165) is 31.5 Å². The first kappa shape index (κ1) is 13.4. The lowest BCUT2D eigenvalue weighted by Gasteiger charge is -2.43. The van der Waals surface area contributed by atoms with Gasteiger partial charge in [-0.25, -0.2) is 0 Å². The maximum absolute atomic E-state index is 12.6. The second-order valence-electron chi connectivity index (χ2n) is 6.69. The number of benzene rings is 1. The van der Waals surface area contributed by atoms with E-state index in [1.54, 1.807) is 0 Å². The molecule has 0 saturated heterocycles. The minimum atomic E-state index is -0.245. The third-order valence-corrected chi connectivity index (χ3v) is 4.51. The molecule has 1 aliphatic carbocycles. The van der Waals surface area contributed by atoms with Gasteiger partial charge in [0.2, 0.25) is 0 Å². The van der Waals surface area contributed by atoms with Gasteiger partial charge in [0.1, 0.15) is 0 Å². The van der Waals surface area contributed by atoms with Gasteiger partial charge in [-0.15, -0.1) is 0 Å².